The van der Waals surface area contributed by atoms with Crippen molar-refractivity contribution in [1.29, 1.82) is 0 Å². The van der Waals surface area contributed by atoms with E-state index in [1.54, 1.807) is 19.2 Å². The number of hydrogen-bond donors (Lipinski definition) is 2. The number of benzene rings is 1. The van der Waals surface area contributed by atoms with Crippen molar-refractivity contribution < 1.29 is 23.0 Å². The molecule has 0 unspecified atom stereocenters. The maximum atomic E-state index is 12.0. The molecular weight excluding hydrogens is 270 g/mol. The summed E-state index contributed by atoms with van der Waals surface area (Å²) in [6.07, 6.45) is 0. The Labute approximate surface area is 116 Å². The number of halogens is 2. The monoisotopic (exact) mass is 288 g/mol. The van der Waals surface area contributed by atoms with E-state index in [2.05, 4.69) is 15.4 Å². The molecule has 0 aromatic heterocycles. The fraction of sp³-hybridized carbons (Fsp3) is 0.462. The maximum Gasteiger partial charge on any atom is 0.387 e. The molecule has 5 nitrogen and oxygen atoms in total. The summed E-state index contributed by atoms with van der Waals surface area (Å²) in [5, 5.41) is 5.62. The van der Waals surface area contributed by atoms with Crippen molar-refractivity contribution in [3.63, 3.8) is 0 Å². The van der Waals surface area contributed by atoms with Crippen LogP contribution in [0.2, 0.25) is 0 Å². The van der Waals surface area contributed by atoms with Gasteiger partial charge < -0.3 is 20.1 Å². The summed E-state index contributed by atoms with van der Waals surface area (Å²) < 4.78 is 33.0. The summed E-state index contributed by atoms with van der Waals surface area (Å²) in [5.41, 5.74) is 0.803. The van der Waals surface area contributed by atoms with Crippen molar-refractivity contribution in [1.82, 2.24) is 10.6 Å². The Balaban J connectivity index is 2.25. The van der Waals surface area contributed by atoms with E-state index in [4.69, 9.17) is 4.74 Å². The van der Waals surface area contributed by atoms with Gasteiger partial charge in [-0.2, -0.15) is 8.78 Å². The molecule has 1 aromatic carbocycles. The number of alkyl halides is 2. The first kappa shape index (κ1) is 16.3. The number of hydrogen-bond acceptors (Lipinski definition) is 4. The van der Waals surface area contributed by atoms with Crippen LogP contribution in [0, 0.1) is 0 Å². The predicted molar refractivity (Wildman–Crippen MR) is 69.7 cm³/mol. The fourth-order valence-electron chi connectivity index (χ4n) is 1.43. The lowest BCUT2D eigenvalue weighted by Gasteiger charge is -2.08. The zero-order valence-electron chi connectivity index (χ0n) is 11.2. The molecule has 112 valence electrons. The van der Waals surface area contributed by atoms with Crippen molar-refractivity contribution in [2.75, 3.05) is 26.8 Å². The summed E-state index contributed by atoms with van der Waals surface area (Å²) in [5.74, 6) is -0.0506. The number of amides is 1. The van der Waals surface area contributed by atoms with Crippen LogP contribution in [-0.4, -0.2) is 39.3 Å². The molecule has 0 saturated heterocycles. The van der Waals surface area contributed by atoms with Crippen molar-refractivity contribution in [3.8, 4) is 5.75 Å². The molecule has 0 spiro atoms. The Morgan fingerprint density at radius 2 is 2.00 bits per heavy atom. The number of rotatable bonds is 9. The second-order valence-corrected chi connectivity index (χ2v) is 3.97. The molecular formula is C13H18F2N2O3. The molecule has 0 bridgehead atoms. The number of carbonyl (C=O) groups excluding carboxylic acids is 1. The van der Waals surface area contributed by atoms with E-state index in [1.807, 2.05) is 0 Å². The zero-order chi connectivity index (χ0) is 14.8. The lowest BCUT2D eigenvalue weighted by Crippen LogP contribution is -2.34. The standard InChI is InChI=1S/C13H18F2N2O3/c1-19-7-6-16-9-12(18)17-8-10-2-4-11(5-3-10)20-13(14)15/h2-5,13,16H,6-9H2,1H3,(H,17,18). The summed E-state index contributed by atoms with van der Waals surface area (Å²) in [6, 6.07) is 6.11. The molecule has 0 heterocycles. The van der Waals surface area contributed by atoms with Crippen molar-refractivity contribution in [3.05, 3.63) is 29.8 Å². The highest BCUT2D eigenvalue weighted by Crippen LogP contribution is 2.14. The summed E-state index contributed by atoms with van der Waals surface area (Å²) in [4.78, 5) is 11.5. The molecule has 1 aromatic rings. The predicted octanol–water partition coefficient (Wildman–Crippen LogP) is 1.14. The molecule has 0 aliphatic heterocycles. The minimum absolute atomic E-state index is 0.0938. The summed E-state index contributed by atoms with van der Waals surface area (Å²) in [7, 11) is 1.59. The van der Waals surface area contributed by atoms with Crippen LogP contribution < -0.4 is 15.4 Å². The normalized spacial score (nSPS) is 10.6. The first-order valence-electron chi connectivity index (χ1n) is 6.12. The van der Waals surface area contributed by atoms with Crippen molar-refractivity contribution in [2.45, 2.75) is 13.2 Å². The van der Waals surface area contributed by atoms with Gasteiger partial charge in [0, 0.05) is 20.2 Å². The van der Waals surface area contributed by atoms with Gasteiger partial charge >= 0.3 is 6.61 Å². The molecule has 0 radical (unpaired) electrons. The Bertz CT molecular complexity index is 399. The number of nitrogens with one attached hydrogen (secondary N) is 2. The van der Waals surface area contributed by atoms with Gasteiger partial charge in [-0.05, 0) is 17.7 Å². The van der Waals surface area contributed by atoms with E-state index >= 15 is 0 Å². The van der Waals surface area contributed by atoms with Gasteiger partial charge in [-0.1, -0.05) is 12.1 Å². The van der Waals surface area contributed by atoms with E-state index in [0.29, 0.717) is 19.7 Å². The first-order chi connectivity index (χ1) is 9.61. The largest absolute Gasteiger partial charge is 0.435 e. The second kappa shape index (κ2) is 9.22. The van der Waals surface area contributed by atoms with E-state index < -0.39 is 6.61 Å². The minimum Gasteiger partial charge on any atom is -0.435 e. The number of ether oxygens (including phenoxy) is 2. The molecule has 0 atom stereocenters. The fourth-order valence-corrected chi connectivity index (χ4v) is 1.43. The smallest absolute Gasteiger partial charge is 0.387 e. The maximum absolute atomic E-state index is 12.0. The van der Waals surface area contributed by atoms with Gasteiger partial charge in [0.05, 0.1) is 13.2 Å². The molecule has 1 amide bonds. The Morgan fingerprint density at radius 1 is 1.30 bits per heavy atom. The van der Waals surface area contributed by atoms with Crippen molar-refractivity contribution in [2.24, 2.45) is 0 Å². The van der Waals surface area contributed by atoms with E-state index in [-0.39, 0.29) is 18.2 Å². The van der Waals surface area contributed by atoms with Crippen LogP contribution in [0.15, 0.2) is 24.3 Å². The summed E-state index contributed by atoms with van der Waals surface area (Å²) >= 11 is 0. The Kier molecular flexibility index (Phi) is 7.52. The SMILES string of the molecule is COCCNCC(=O)NCc1ccc(OC(F)F)cc1. The molecule has 0 aliphatic rings. The van der Waals surface area contributed by atoms with Gasteiger partial charge in [-0.3, -0.25) is 4.79 Å². The third-order valence-electron chi connectivity index (χ3n) is 2.41. The highest BCUT2D eigenvalue weighted by atomic mass is 19.3. The zero-order valence-corrected chi connectivity index (χ0v) is 11.2. The van der Waals surface area contributed by atoms with Gasteiger partial charge in [0.15, 0.2) is 0 Å². The van der Waals surface area contributed by atoms with E-state index in [1.165, 1.54) is 12.1 Å². The Hall–Kier alpha value is -1.73. The van der Waals surface area contributed by atoms with E-state index in [0.717, 1.165) is 5.56 Å². The van der Waals surface area contributed by atoms with Crippen LogP contribution >= 0.6 is 0 Å². The van der Waals surface area contributed by atoms with Crippen LogP contribution in [0.25, 0.3) is 0 Å². The van der Waals surface area contributed by atoms with Gasteiger partial charge in [-0.15, -0.1) is 0 Å². The summed E-state index contributed by atoms with van der Waals surface area (Å²) in [6.45, 7) is -1.16. The quantitative estimate of drug-likeness (QED) is 0.669. The van der Waals surface area contributed by atoms with Crippen LogP contribution in [0.5, 0.6) is 5.75 Å². The lowest BCUT2D eigenvalue weighted by atomic mass is 10.2. The van der Waals surface area contributed by atoms with Gasteiger partial charge in [0.2, 0.25) is 5.91 Å². The van der Waals surface area contributed by atoms with Crippen LogP contribution in [-0.2, 0) is 16.1 Å². The topological polar surface area (TPSA) is 59.6 Å². The average molecular weight is 288 g/mol. The van der Waals surface area contributed by atoms with Crippen molar-refractivity contribution >= 4 is 5.91 Å². The lowest BCUT2D eigenvalue weighted by molar-refractivity contribution is -0.120. The molecule has 7 heteroatoms. The second-order valence-electron chi connectivity index (χ2n) is 3.97. The highest BCUT2D eigenvalue weighted by molar-refractivity contribution is 5.77. The highest BCUT2D eigenvalue weighted by Gasteiger charge is 2.04. The minimum atomic E-state index is -2.83. The first-order valence-corrected chi connectivity index (χ1v) is 6.12. The molecule has 1 rings (SSSR count). The van der Waals surface area contributed by atoms with Crippen LogP contribution in [0.3, 0.4) is 0 Å². The van der Waals surface area contributed by atoms with Gasteiger partial charge in [-0.25, -0.2) is 0 Å². The molecule has 0 saturated carbocycles. The number of carbonyl (C=O) groups is 1. The average Bonchev–Trinajstić information content (AvgIpc) is 2.42. The molecule has 0 aliphatic carbocycles. The van der Waals surface area contributed by atoms with Gasteiger partial charge in [0.1, 0.15) is 5.75 Å². The Morgan fingerprint density at radius 3 is 2.60 bits per heavy atom. The van der Waals surface area contributed by atoms with Crippen LogP contribution in [0.4, 0.5) is 8.78 Å². The number of methoxy groups -OCH3 is 1. The molecule has 20 heavy (non-hydrogen) atoms. The molecule has 0 fully saturated rings. The van der Waals surface area contributed by atoms with Gasteiger partial charge in [0.25, 0.3) is 0 Å². The molecule has 2 N–H and O–H groups in total. The van der Waals surface area contributed by atoms with Crippen LogP contribution in [0.1, 0.15) is 5.56 Å². The van der Waals surface area contributed by atoms with E-state index in [9.17, 15) is 13.6 Å². The third kappa shape index (κ3) is 7.01. The third-order valence-corrected chi connectivity index (χ3v) is 2.41.